The van der Waals surface area contributed by atoms with Gasteiger partial charge in [0.15, 0.2) is 0 Å². The van der Waals surface area contributed by atoms with Crippen LogP contribution in [0.5, 0.6) is 11.5 Å². The Labute approximate surface area is 150 Å². The summed E-state index contributed by atoms with van der Waals surface area (Å²) in [5.74, 6) is 0.375. The second-order valence-electron chi connectivity index (χ2n) is 5.96. The highest BCUT2D eigenvalue weighted by Crippen LogP contribution is 2.25. The number of phenolic OH excluding ortho intramolecular Hbond substituents is 2. The summed E-state index contributed by atoms with van der Waals surface area (Å²) in [7, 11) is 0. The van der Waals surface area contributed by atoms with Gasteiger partial charge in [-0.15, -0.1) is 0 Å². The van der Waals surface area contributed by atoms with Gasteiger partial charge in [-0.25, -0.2) is 0 Å². The van der Waals surface area contributed by atoms with E-state index in [1.165, 1.54) is 0 Å². The predicted molar refractivity (Wildman–Crippen MR) is 106 cm³/mol. The van der Waals surface area contributed by atoms with Crippen LogP contribution in [0.15, 0.2) is 83.0 Å². The molecule has 0 atom stereocenters. The monoisotopic (exact) mass is 340 g/mol. The molecule has 26 heavy (non-hydrogen) atoms. The molecule has 0 spiro atoms. The average molecular weight is 340 g/mol. The van der Waals surface area contributed by atoms with Crippen molar-refractivity contribution in [2.24, 2.45) is 10.2 Å². The summed E-state index contributed by atoms with van der Waals surface area (Å²) < 4.78 is 0. The Morgan fingerprint density at radius 2 is 1.38 bits per heavy atom. The number of aromatic hydroxyl groups is 2. The van der Waals surface area contributed by atoms with Crippen molar-refractivity contribution in [3.8, 4) is 11.5 Å². The molecule has 0 bridgehead atoms. The lowest BCUT2D eigenvalue weighted by atomic mass is 10.0. The third kappa shape index (κ3) is 3.00. The summed E-state index contributed by atoms with van der Waals surface area (Å²) in [5, 5.41) is 31.9. The van der Waals surface area contributed by atoms with Gasteiger partial charge in [-0.2, -0.15) is 10.2 Å². The first-order valence-corrected chi connectivity index (χ1v) is 8.21. The number of phenols is 2. The minimum absolute atomic E-state index is 0.165. The van der Waals surface area contributed by atoms with E-state index in [1.807, 2.05) is 54.6 Å². The lowest BCUT2D eigenvalue weighted by molar-refractivity contribution is 0.475. The fourth-order valence-corrected chi connectivity index (χ4v) is 3.00. The fraction of sp³-hybridized carbons (Fsp3) is 0. The molecule has 0 aliphatic rings. The van der Waals surface area contributed by atoms with Gasteiger partial charge < -0.3 is 10.2 Å². The molecule has 0 saturated heterocycles. The van der Waals surface area contributed by atoms with Gasteiger partial charge >= 0.3 is 0 Å². The van der Waals surface area contributed by atoms with Crippen molar-refractivity contribution in [1.82, 2.24) is 0 Å². The molecule has 0 fully saturated rings. The van der Waals surface area contributed by atoms with Crippen LogP contribution >= 0.6 is 0 Å². The van der Waals surface area contributed by atoms with Crippen molar-refractivity contribution < 1.29 is 10.2 Å². The second kappa shape index (κ2) is 6.69. The zero-order valence-electron chi connectivity index (χ0n) is 13.9. The molecule has 0 radical (unpaired) electrons. The van der Waals surface area contributed by atoms with Crippen LogP contribution in [0.1, 0.15) is 11.1 Å². The minimum Gasteiger partial charge on any atom is -0.508 e. The predicted octanol–water partition coefficient (Wildman–Crippen LogP) is 4.86. The van der Waals surface area contributed by atoms with Crippen molar-refractivity contribution in [3.05, 3.63) is 83.9 Å². The smallest absolute Gasteiger partial charge is 0.125 e. The molecular weight excluding hydrogens is 324 g/mol. The molecule has 4 nitrogen and oxygen atoms in total. The fourth-order valence-electron chi connectivity index (χ4n) is 3.00. The minimum atomic E-state index is 0.165. The van der Waals surface area contributed by atoms with Gasteiger partial charge in [-0.05, 0) is 39.7 Å². The maximum absolute atomic E-state index is 10.1. The van der Waals surface area contributed by atoms with E-state index >= 15 is 0 Å². The van der Waals surface area contributed by atoms with Gasteiger partial charge in [-0.1, -0.05) is 54.6 Å². The van der Waals surface area contributed by atoms with Gasteiger partial charge in [0.05, 0.1) is 12.4 Å². The van der Waals surface area contributed by atoms with Crippen LogP contribution in [0.3, 0.4) is 0 Å². The second-order valence-corrected chi connectivity index (χ2v) is 5.96. The Hall–Kier alpha value is -3.66. The number of nitrogens with zero attached hydrogens (tertiary/aromatic N) is 2. The number of fused-ring (bicyclic) bond motifs is 2. The Morgan fingerprint density at radius 3 is 2.31 bits per heavy atom. The normalized spacial score (nSPS) is 11.8. The Balaban J connectivity index is 1.68. The highest BCUT2D eigenvalue weighted by molar-refractivity contribution is 6.03. The molecule has 0 aromatic heterocycles. The summed E-state index contributed by atoms with van der Waals surface area (Å²) in [6.45, 7) is 0. The maximum atomic E-state index is 10.1. The zero-order chi connectivity index (χ0) is 17.9. The number of rotatable bonds is 3. The number of benzene rings is 4. The average Bonchev–Trinajstić information content (AvgIpc) is 2.66. The molecule has 4 aromatic carbocycles. The lowest BCUT2D eigenvalue weighted by Gasteiger charge is -2.04. The maximum Gasteiger partial charge on any atom is 0.125 e. The van der Waals surface area contributed by atoms with Gasteiger partial charge in [0.2, 0.25) is 0 Å². The molecule has 4 heteroatoms. The van der Waals surface area contributed by atoms with Crippen LogP contribution in [0.4, 0.5) is 0 Å². The number of hydrogen-bond donors (Lipinski definition) is 2. The van der Waals surface area contributed by atoms with E-state index in [2.05, 4.69) is 10.2 Å². The van der Waals surface area contributed by atoms with Gasteiger partial charge in [0.1, 0.15) is 11.5 Å². The standard InChI is InChI=1S/C22H16N2O2/c25-18-10-8-16-5-3-6-17(20(16)12-18)13-23-24-14-21-19-7-2-1-4-15(19)9-11-22(21)26/h1-14,25-26H/b23-13-,24-14+. The lowest BCUT2D eigenvalue weighted by Crippen LogP contribution is -1.86. The SMILES string of the molecule is Oc1ccc2cccc(/C=N\N=C\c3c(O)ccc4ccccc34)c2c1. The van der Waals surface area contributed by atoms with Crippen LogP contribution in [0.25, 0.3) is 21.5 Å². The molecule has 4 aromatic rings. The first-order valence-electron chi connectivity index (χ1n) is 8.21. The Bertz CT molecular complexity index is 1160. The van der Waals surface area contributed by atoms with Crippen molar-refractivity contribution in [2.75, 3.05) is 0 Å². The van der Waals surface area contributed by atoms with Crippen LogP contribution in [0, 0.1) is 0 Å². The van der Waals surface area contributed by atoms with Crippen LogP contribution in [-0.4, -0.2) is 22.6 Å². The highest BCUT2D eigenvalue weighted by Gasteiger charge is 2.04. The summed E-state index contributed by atoms with van der Waals surface area (Å²) in [5.41, 5.74) is 1.49. The van der Waals surface area contributed by atoms with Crippen molar-refractivity contribution in [2.45, 2.75) is 0 Å². The summed E-state index contributed by atoms with van der Waals surface area (Å²) in [4.78, 5) is 0. The van der Waals surface area contributed by atoms with Crippen LogP contribution < -0.4 is 0 Å². The van der Waals surface area contributed by atoms with Crippen LogP contribution in [0.2, 0.25) is 0 Å². The van der Waals surface area contributed by atoms with Crippen molar-refractivity contribution in [3.63, 3.8) is 0 Å². The van der Waals surface area contributed by atoms with E-state index in [0.29, 0.717) is 5.56 Å². The molecule has 2 N–H and O–H groups in total. The van der Waals surface area contributed by atoms with Crippen LogP contribution in [-0.2, 0) is 0 Å². The molecule has 0 heterocycles. The summed E-state index contributed by atoms with van der Waals surface area (Å²) in [6.07, 6.45) is 3.19. The Kier molecular flexibility index (Phi) is 4.07. The molecular formula is C22H16N2O2. The molecule has 0 aliphatic carbocycles. The number of hydrogen-bond acceptors (Lipinski definition) is 4. The van der Waals surface area contributed by atoms with Crippen molar-refractivity contribution >= 4 is 34.0 Å². The third-order valence-corrected chi connectivity index (χ3v) is 4.30. The van der Waals surface area contributed by atoms with Gasteiger partial charge in [0, 0.05) is 11.1 Å². The van der Waals surface area contributed by atoms with E-state index in [4.69, 9.17) is 0 Å². The van der Waals surface area contributed by atoms with E-state index in [9.17, 15) is 10.2 Å². The largest absolute Gasteiger partial charge is 0.508 e. The zero-order valence-corrected chi connectivity index (χ0v) is 13.9. The van der Waals surface area contributed by atoms with E-state index in [-0.39, 0.29) is 11.5 Å². The summed E-state index contributed by atoms with van der Waals surface area (Å²) >= 11 is 0. The molecule has 0 amide bonds. The molecule has 4 rings (SSSR count). The van der Waals surface area contributed by atoms with E-state index < -0.39 is 0 Å². The molecule has 0 saturated carbocycles. The summed E-state index contributed by atoms with van der Waals surface area (Å²) in [6, 6.07) is 22.4. The van der Waals surface area contributed by atoms with E-state index in [0.717, 1.165) is 27.1 Å². The van der Waals surface area contributed by atoms with Crippen molar-refractivity contribution in [1.29, 1.82) is 0 Å². The molecule has 0 unspecified atom stereocenters. The quantitative estimate of drug-likeness (QED) is 0.413. The first kappa shape index (κ1) is 15.8. The molecule has 0 aliphatic heterocycles. The molecule has 126 valence electrons. The van der Waals surface area contributed by atoms with E-state index in [1.54, 1.807) is 30.6 Å². The first-order chi connectivity index (χ1) is 12.7. The third-order valence-electron chi connectivity index (χ3n) is 4.30. The topological polar surface area (TPSA) is 65.2 Å². The Morgan fingerprint density at radius 1 is 0.654 bits per heavy atom. The van der Waals surface area contributed by atoms with Gasteiger partial charge in [0.25, 0.3) is 0 Å². The highest BCUT2D eigenvalue weighted by atomic mass is 16.3. The van der Waals surface area contributed by atoms with Gasteiger partial charge in [-0.3, -0.25) is 0 Å².